The fraction of sp³-hybridized carbons (Fsp3) is 0.318. The van der Waals surface area contributed by atoms with Crippen molar-refractivity contribution in [3.05, 3.63) is 71.8 Å². The van der Waals surface area contributed by atoms with Crippen molar-refractivity contribution in [2.45, 2.75) is 13.5 Å². The van der Waals surface area contributed by atoms with Gasteiger partial charge in [-0.25, -0.2) is 4.98 Å². The van der Waals surface area contributed by atoms with E-state index in [9.17, 15) is 9.59 Å². The Morgan fingerprint density at radius 1 is 1.00 bits per heavy atom. The predicted octanol–water partition coefficient (Wildman–Crippen LogP) is 2.04. The molecule has 1 N–H and O–H groups in total. The van der Waals surface area contributed by atoms with Crippen molar-refractivity contribution in [3.63, 3.8) is 0 Å². The summed E-state index contributed by atoms with van der Waals surface area (Å²) in [6.45, 7) is 6.58. The van der Waals surface area contributed by atoms with E-state index in [-0.39, 0.29) is 23.3 Å². The Morgan fingerprint density at radius 3 is 2.45 bits per heavy atom. The number of benzene rings is 1. The van der Waals surface area contributed by atoms with Crippen LogP contribution in [0.4, 0.5) is 0 Å². The molecule has 0 bridgehead atoms. The van der Waals surface area contributed by atoms with Crippen LogP contribution in [0.1, 0.15) is 33.6 Å². The van der Waals surface area contributed by atoms with Crippen LogP contribution in [0.2, 0.25) is 0 Å². The van der Waals surface area contributed by atoms with Crippen LogP contribution in [-0.2, 0) is 6.54 Å². The summed E-state index contributed by atoms with van der Waals surface area (Å²) in [7, 11) is 0. The van der Waals surface area contributed by atoms with E-state index < -0.39 is 0 Å². The predicted molar refractivity (Wildman–Crippen MR) is 111 cm³/mol. The largest absolute Gasteiger partial charge is 0.347 e. The molecule has 0 saturated carbocycles. The third kappa shape index (κ3) is 4.00. The molecule has 0 radical (unpaired) electrons. The fourth-order valence-corrected chi connectivity index (χ4v) is 3.63. The maximum Gasteiger partial charge on any atom is 0.290 e. The number of imidazole rings is 1. The molecule has 3 heterocycles. The number of pyridine rings is 1. The molecule has 150 valence electrons. The van der Waals surface area contributed by atoms with Gasteiger partial charge in [0.1, 0.15) is 0 Å². The summed E-state index contributed by atoms with van der Waals surface area (Å²) in [5, 5.41) is 2.91. The van der Waals surface area contributed by atoms with Gasteiger partial charge in [-0.3, -0.25) is 14.0 Å². The summed E-state index contributed by atoms with van der Waals surface area (Å²) in [6.07, 6.45) is 1.78. The molecule has 0 spiro atoms. The SMILES string of the molecule is CCN1CCN(C(=O)c2nc(C(=O)NCc3ccccc3)c3ccccn23)CC1. The third-order valence-corrected chi connectivity index (χ3v) is 5.36. The number of hydrogen-bond donors (Lipinski definition) is 1. The van der Waals surface area contributed by atoms with Gasteiger partial charge in [0, 0.05) is 38.9 Å². The van der Waals surface area contributed by atoms with Gasteiger partial charge in [-0.05, 0) is 24.2 Å². The lowest BCUT2D eigenvalue weighted by molar-refractivity contribution is 0.0630. The molecule has 2 amide bonds. The number of nitrogens with one attached hydrogen (secondary N) is 1. The Kier molecular flexibility index (Phi) is 5.57. The number of hydrogen-bond acceptors (Lipinski definition) is 4. The highest BCUT2D eigenvalue weighted by molar-refractivity contribution is 6.02. The molecule has 1 saturated heterocycles. The van der Waals surface area contributed by atoms with Gasteiger partial charge in [0.2, 0.25) is 5.82 Å². The number of carbonyl (C=O) groups is 2. The van der Waals surface area contributed by atoms with E-state index in [0.717, 1.165) is 25.2 Å². The number of carbonyl (C=O) groups excluding carboxylic acids is 2. The van der Waals surface area contributed by atoms with E-state index in [1.807, 2.05) is 53.4 Å². The molecule has 2 aromatic heterocycles. The number of fused-ring (bicyclic) bond motifs is 1. The minimum Gasteiger partial charge on any atom is -0.347 e. The van der Waals surface area contributed by atoms with E-state index in [4.69, 9.17) is 0 Å². The molecule has 4 rings (SSSR count). The number of amides is 2. The van der Waals surface area contributed by atoms with Gasteiger partial charge in [-0.15, -0.1) is 0 Å². The number of rotatable bonds is 5. The Balaban J connectivity index is 1.56. The third-order valence-electron chi connectivity index (χ3n) is 5.36. The van der Waals surface area contributed by atoms with Crippen molar-refractivity contribution in [1.29, 1.82) is 0 Å². The topological polar surface area (TPSA) is 69.9 Å². The lowest BCUT2D eigenvalue weighted by Gasteiger charge is -2.33. The van der Waals surface area contributed by atoms with E-state index in [1.165, 1.54) is 0 Å². The highest BCUT2D eigenvalue weighted by atomic mass is 16.2. The Labute approximate surface area is 169 Å². The van der Waals surface area contributed by atoms with Gasteiger partial charge >= 0.3 is 0 Å². The Bertz CT molecular complexity index is 1010. The fourth-order valence-electron chi connectivity index (χ4n) is 3.63. The Hall–Kier alpha value is -3.19. The molecule has 7 nitrogen and oxygen atoms in total. The molecule has 1 aliphatic heterocycles. The molecule has 29 heavy (non-hydrogen) atoms. The molecular weight excluding hydrogens is 366 g/mol. The molecule has 7 heteroatoms. The standard InChI is InChI=1S/C22H25N5O2/c1-2-25-12-14-26(15-13-25)22(29)20-24-19(18-10-6-7-11-27(18)20)21(28)23-16-17-8-4-3-5-9-17/h3-11H,2,12-16H2,1H3,(H,23,28). The van der Waals surface area contributed by atoms with Crippen LogP contribution in [0.5, 0.6) is 0 Å². The minimum absolute atomic E-state index is 0.135. The average Bonchev–Trinajstić information content (AvgIpc) is 3.17. The van der Waals surface area contributed by atoms with Crippen LogP contribution in [0.25, 0.3) is 5.52 Å². The Morgan fingerprint density at radius 2 is 1.72 bits per heavy atom. The maximum atomic E-state index is 13.1. The molecule has 0 unspecified atom stereocenters. The molecule has 1 aromatic carbocycles. The molecule has 1 fully saturated rings. The van der Waals surface area contributed by atoms with Crippen molar-refractivity contribution in [2.24, 2.45) is 0 Å². The molecule has 1 aliphatic rings. The first-order valence-corrected chi connectivity index (χ1v) is 9.98. The van der Waals surface area contributed by atoms with Crippen LogP contribution in [0, 0.1) is 0 Å². The van der Waals surface area contributed by atoms with Gasteiger partial charge < -0.3 is 15.1 Å². The van der Waals surface area contributed by atoms with Crippen molar-refractivity contribution >= 4 is 17.3 Å². The van der Waals surface area contributed by atoms with E-state index in [0.29, 0.717) is 25.2 Å². The molecule has 0 aliphatic carbocycles. The lowest BCUT2D eigenvalue weighted by Crippen LogP contribution is -2.48. The first kappa shape index (κ1) is 19.1. The second-order valence-electron chi connectivity index (χ2n) is 7.13. The van der Waals surface area contributed by atoms with E-state index in [2.05, 4.69) is 22.1 Å². The van der Waals surface area contributed by atoms with Gasteiger partial charge in [0.25, 0.3) is 11.8 Å². The smallest absolute Gasteiger partial charge is 0.290 e. The summed E-state index contributed by atoms with van der Waals surface area (Å²) in [5.74, 6) is -0.133. The maximum absolute atomic E-state index is 13.1. The van der Waals surface area contributed by atoms with E-state index in [1.54, 1.807) is 10.6 Å². The second kappa shape index (κ2) is 8.45. The summed E-state index contributed by atoms with van der Waals surface area (Å²) in [6, 6.07) is 15.2. The summed E-state index contributed by atoms with van der Waals surface area (Å²) >= 11 is 0. The minimum atomic E-state index is -0.285. The first-order valence-electron chi connectivity index (χ1n) is 9.98. The highest BCUT2D eigenvalue weighted by Crippen LogP contribution is 2.16. The van der Waals surface area contributed by atoms with Crippen LogP contribution in [0.15, 0.2) is 54.7 Å². The van der Waals surface area contributed by atoms with Gasteiger partial charge in [0.15, 0.2) is 5.69 Å². The number of nitrogens with zero attached hydrogens (tertiary/aromatic N) is 4. The number of aromatic nitrogens is 2. The number of piperazine rings is 1. The van der Waals surface area contributed by atoms with Gasteiger partial charge in [-0.1, -0.05) is 43.3 Å². The van der Waals surface area contributed by atoms with Crippen molar-refractivity contribution in [2.75, 3.05) is 32.7 Å². The van der Waals surface area contributed by atoms with Gasteiger partial charge in [-0.2, -0.15) is 0 Å². The zero-order valence-electron chi connectivity index (χ0n) is 16.5. The van der Waals surface area contributed by atoms with Crippen LogP contribution >= 0.6 is 0 Å². The second-order valence-corrected chi connectivity index (χ2v) is 7.13. The summed E-state index contributed by atoms with van der Waals surface area (Å²) < 4.78 is 1.71. The summed E-state index contributed by atoms with van der Waals surface area (Å²) in [4.78, 5) is 34.5. The van der Waals surface area contributed by atoms with Crippen LogP contribution < -0.4 is 5.32 Å². The monoisotopic (exact) mass is 391 g/mol. The summed E-state index contributed by atoms with van der Waals surface area (Å²) in [5.41, 5.74) is 1.92. The van der Waals surface area contributed by atoms with Crippen LogP contribution in [0.3, 0.4) is 0 Å². The first-order chi connectivity index (χ1) is 14.2. The van der Waals surface area contributed by atoms with Crippen molar-refractivity contribution < 1.29 is 9.59 Å². The molecule has 3 aromatic rings. The highest BCUT2D eigenvalue weighted by Gasteiger charge is 2.27. The van der Waals surface area contributed by atoms with Crippen molar-refractivity contribution in [3.8, 4) is 0 Å². The zero-order valence-corrected chi connectivity index (χ0v) is 16.5. The number of likely N-dealkylation sites (N-methyl/N-ethyl adjacent to an activating group) is 1. The van der Waals surface area contributed by atoms with Crippen molar-refractivity contribution in [1.82, 2.24) is 24.5 Å². The molecular formula is C22H25N5O2. The van der Waals surface area contributed by atoms with E-state index >= 15 is 0 Å². The van der Waals surface area contributed by atoms with Crippen LogP contribution in [-0.4, -0.2) is 63.7 Å². The average molecular weight is 391 g/mol. The normalized spacial score (nSPS) is 14.9. The lowest BCUT2D eigenvalue weighted by atomic mass is 10.2. The van der Waals surface area contributed by atoms with Gasteiger partial charge in [0.05, 0.1) is 5.52 Å². The zero-order chi connectivity index (χ0) is 20.2. The molecule has 0 atom stereocenters. The quantitative estimate of drug-likeness (QED) is 0.723.